The fourth-order valence-corrected chi connectivity index (χ4v) is 1.67. The minimum absolute atomic E-state index is 0.0458. The lowest BCUT2D eigenvalue weighted by atomic mass is 10.2. The zero-order valence-electron chi connectivity index (χ0n) is 10.9. The van der Waals surface area contributed by atoms with Crippen molar-refractivity contribution in [3.8, 4) is 0 Å². The van der Waals surface area contributed by atoms with Crippen LogP contribution in [0.5, 0.6) is 0 Å². The molecule has 0 atom stereocenters. The van der Waals surface area contributed by atoms with Crippen molar-refractivity contribution >= 4 is 5.82 Å². The number of ether oxygens (including phenoxy) is 1. The van der Waals surface area contributed by atoms with E-state index >= 15 is 0 Å². The molecule has 0 aromatic carbocycles. The van der Waals surface area contributed by atoms with Crippen LogP contribution >= 0.6 is 0 Å². The number of aliphatic hydroxyl groups excluding tert-OH is 1. The van der Waals surface area contributed by atoms with Gasteiger partial charge in [-0.15, -0.1) is 0 Å². The summed E-state index contributed by atoms with van der Waals surface area (Å²) in [5, 5.41) is 9.10. The fraction of sp³-hybridized carbons (Fsp3) is 0.615. The van der Waals surface area contributed by atoms with Crippen LogP contribution in [0.3, 0.4) is 0 Å². The Labute approximate surface area is 103 Å². The largest absolute Gasteiger partial charge is 0.392 e. The van der Waals surface area contributed by atoms with Crippen LogP contribution in [0.25, 0.3) is 0 Å². The monoisotopic (exact) mass is 238 g/mol. The third kappa shape index (κ3) is 3.98. The zero-order chi connectivity index (χ0) is 12.7. The zero-order valence-corrected chi connectivity index (χ0v) is 10.9. The molecule has 1 rings (SSSR count). The Kier molecular flexibility index (Phi) is 5.94. The van der Waals surface area contributed by atoms with Gasteiger partial charge in [0.15, 0.2) is 0 Å². The Morgan fingerprint density at radius 1 is 1.35 bits per heavy atom. The van der Waals surface area contributed by atoms with Crippen molar-refractivity contribution in [2.75, 3.05) is 31.2 Å². The predicted molar refractivity (Wildman–Crippen MR) is 69.3 cm³/mol. The summed E-state index contributed by atoms with van der Waals surface area (Å²) >= 11 is 0. The molecule has 0 bridgehead atoms. The molecule has 17 heavy (non-hydrogen) atoms. The summed E-state index contributed by atoms with van der Waals surface area (Å²) in [4.78, 5) is 6.67. The third-order valence-electron chi connectivity index (χ3n) is 2.77. The van der Waals surface area contributed by atoms with E-state index in [4.69, 9.17) is 9.84 Å². The number of aryl methyl sites for hydroxylation is 1. The lowest BCUT2D eigenvalue weighted by molar-refractivity contribution is 0.154. The fourth-order valence-electron chi connectivity index (χ4n) is 1.67. The summed E-state index contributed by atoms with van der Waals surface area (Å²) in [5.74, 6) is 0.946. The van der Waals surface area contributed by atoms with Gasteiger partial charge in [-0.25, -0.2) is 4.98 Å². The summed E-state index contributed by atoms with van der Waals surface area (Å²) < 4.78 is 5.35. The number of anilines is 1. The van der Waals surface area contributed by atoms with Gasteiger partial charge in [0.25, 0.3) is 0 Å². The molecule has 0 aliphatic rings. The highest BCUT2D eigenvalue weighted by Crippen LogP contribution is 2.14. The first-order valence-electron chi connectivity index (χ1n) is 6.13. The first-order valence-corrected chi connectivity index (χ1v) is 6.13. The van der Waals surface area contributed by atoms with Crippen LogP contribution in [0.4, 0.5) is 5.82 Å². The van der Waals surface area contributed by atoms with Crippen molar-refractivity contribution in [3.05, 3.63) is 23.4 Å². The molecular formula is C13H22N2O2. The lowest BCUT2D eigenvalue weighted by Crippen LogP contribution is -2.28. The molecule has 0 aliphatic carbocycles. The normalized spacial score (nSPS) is 10.6. The van der Waals surface area contributed by atoms with Crippen molar-refractivity contribution in [1.29, 1.82) is 0 Å². The molecule has 0 aliphatic heterocycles. The van der Waals surface area contributed by atoms with Gasteiger partial charge in [-0.2, -0.15) is 0 Å². The quantitative estimate of drug-likeness (QED) is 0.735. The molecule has 0 radical (unpaired) electrons. The Morgan fingerprint density at radius 2 is 2.12 bits per heavy atom. The molecule has 96 valence electrons. The molecule has 1 aromatic rings. The van der Waals surface area contributed by atoms with Crippen molar-refractivity contribution in [1.82, 2.24) is 4.98 Å². The van der Waals surface area contributed by atoms with Crippen LogP contribution in [-0.4, -0.2) is 36.4 Å². The molecule has 4 nitrogen and oxygen atoms in total. The van der Waals surface area contributed by atoms with Gasteiger partial charge >= 0.3 is 0 Å². The number of aliphatic hydroxyl groups is 1. The number of pyridine rings is 1. The van der Waals surface area contributed by atoms with Gasteiger partial charge in [0, 0.05) is 25.4 Å². The second-order valence-corrected chi connectivity index (χ2v) is 3.85. The molecule has 0 fully saturated rings. The van der Waals surface area contributed by atoms with Crippen LogP contribution in [0.1, 0.15) is 25.1 Å². The van der Waals surface area contributed by atoms with E-state index in [-0.39, 0.29) is 6.61 Å². The maximum atomic E-state index is 9.10. The Bertz CT molecular complexity index is 342. The number of rotatable bonds is 7. The molecule has 1 N–H and O–H groups in total. The van der Waals surface area contributed by atoms with Gasteiger partial charge in [-0.3, -0.25) is 0 Å². The maximum Gasteiger partial charge on any atom is 0.128 e. The smallest absolute Gasteiger partial charge is 0.128 e. The van der Waals surface area contributed by atoms with Crippen molar-refractivity contribution in [2.45, 2.75) is 27.4 Å². The molecule has 4 heteroatoms. The number of hydrogen-bond acceptors (Lipinski definition) is 4. The van der Waals surface area contributed by atoms with Gasteiger partial charge in [0.05, 0.1) is 13.2 Å². The first-order chi connectivity index (χ1) is 8.22. The Balaban J connectivity index is 2.71. The van der Waals surface area contributed by atoms with Gasteiger partial charge < -0.3 is 14.7 Å². The van der Waals surface area contributed by atoms with Crippen LogP contribution in [0.15, 0.2) is 12.1 Å². The SMILES string of the molecule is CCOCCN(CC)c1ccc(CO)c(C)n1. The molecule has 0 unspecified atom stereocenters. The Hall–Kier alpha value is -1.13. The minimum atomic E-state index is 0.0458. The van der Waals surface area contributed by atoms with E-state index in [2.05, 4.69) is 16.8 Å². The van der Waals surface area contributed by atoms with Crippen molar-refractivity contribution in [2.24, 2.45) is 0 Å². The van der Waals surface area contributed by atoms with Crippen molar-refractivity contribution < 1.29 is 9.84 Å². The summed E-state index contributed by atoms with van der Waals surface area (Å²) in [6, 6.07) is 3.88. The first kappa shape index (κ1) is 13.9. The maximum absolute atomic E-state index is 9.10. The van der Waals surface area contributed by atoms with Crippen LogP contribution in [0.2, 0.25) is 0 Å². The summed E-state index contributed by atoms with van der Waals surface area (Å²) in [6.07, 6.45) is 0. The van der Waals surface area contributed by atoms with Gasteiger partial charge in [0.1, 0.15) is 5.82 Å². The standard InChI is InChI=1S/C13H22N2O2/c1-4-15(8-9-17-5-2)13-7-6-12(10-16)11(3)14-13/h6-7,16H,4-5,8-10H2,1-3H3. The molecule has 0 saturated carbocycles. The van der Waals surface area contributed by atoms with Crippen LogP contribution < -0.4 is 4.90 Å². The predicted octanol–water partition coefficient (Wildman–Crippen LogP) is 1.75. The van der Waals surface area contributed by atoms with E-state index in [0.29, 0.717) is 6.61 Å². The van der Waals surface area contributed by atoms with E-state index in [1.807, 2.05) is 26.0 Å². The molecule has 0 saturated heterocycles. The molecule has 1 aromatic heterocycles. The molecule has 1 heterocycles. The number of likely N-dealkylation sites (N-methyl/N-ethyl adjacent to an activating group) is 1. The van der Waals surface area contributed by atoms with Gasteiger partial charge in [0.2, 0.25) is 0 Å². The molecule has 0 amide bonds. The summed E-state index contributed by atoms with van der Waals surface area (Å²) in [5.41, 5.74) is 1.77. The van der Waals surface area contributed by atoms with Gasteiger partial charge in [-0.1, -0.05) is 6.07 Å². The van der Waals surface area contributed by atoms with Crippen molar-refractivity contribution in [3.63, 3.8) is 0 Å². The number of aromatic nitrogens is 1. The summed E-state index contributed by atoms with van der Waals surface area (Å²) in [7, 11) is 0. The molecular weight excluding hydrogens is 216 g/mol. The lowest BCUT2D eigenvalue weighted by Gasteiger charge is -2.22. The highest BCUT2D eigenvalue weighted by Gasteiger charge is 2.07. The van der Waals surface area contributed by atoms with E-state index in [1.165, 1.54) is 0 Å². The second-order valence-electron chi connectivity index (χ2n) is 3.85. The summed E-state index contributed by atoms with van der Waals surface area (Å²) in [6.45, 7) is 9.26. The second kappa shape index (κ2) is 7.25. The topological polar surface area (TPSA) is 45.6 Å². The molecule has 0 spiro atoms. The number of nitrogens with zero attached hydrogens (tertiary/aromatic N) is 2. The van der Waals surface area contributed by atoms with E-state index in [0.717, 1.165) is 36.8 Å². The highest BCUT2D eigenvalue weighted by molar-refractivity contribution is 5.41. The van der Waals surface area contributed by atoms with E-state index < -0.39 is 0 Å². The Morgan fingerprint density at radius 3 is 2.65 bits per heavy atom. The number of hydrogen-bond donors (Lipinski definition) is 1. The van der Waals surface area contributed by atoms with E-state index in [1.54, 1.807) is 0 Å². The average molecular weight is 238 g/mol. The average Bonchev–Trinajstić information content (AvgIpc) is 2.35. The van der Waals surface area contributed by atoms with Crippen LogP contribution in [-0.2, 0) is 11.3 Å². The van der Waals surface area contributed by atoms with Crippen LogP contribution in [0, 0.1) is 6.92 Å². The highest BCUT2D eigenvalue weighted by atomic mass is 16.5. The minimum Gasteiger partial charge on any atom is -0.392 e. The van der Waals surface area contributed by atoms with E-state index in [9.17, 15) is 0 Å². The third-order valence-corrected chi connectivity index (χ3v) is 2.77. The van der Waals surface area contributed by atoms with Gasteiger partial charge in [-0.05, 0) is 32.4 Å².